The average molecular weight is 553 g/mol. The van der Waals surface area contributed by atoms with Crippen molar-refractivity contribution in [3.8, 4) is 0 Å². The molecule has 7 rings (SSSR count). The number of aryl methyl sites for hydroxylation is 4. The first kappa shape index (κ1) is 25.5. The molecule has 0 amide bonds. The number of allylic oxidation sites excluding steroid dienone is 2. The Morgan fingerprint density at radius 3 is 1.34 bits per heavy atom. The van der Waals surface area contributed by atoms with Crippen LogP contribution in [-0.2, 0) is 0 Å². The van der Waals surface area contributed by atoms with Crippen molar-refractivity contribution in [1.29, 1.82) is 0 Å². The van der Waals surface area contributed by atoms with Gasteiger partial charge >= 0.3 is 0 Å². The molecule has 0 radical (unpaired) electrons. The number of oxazole rings is 2. The van der Waals surface area contributed by atoms with E-state index in [4.69, 9.17) is 18.8 Å². The second kappa shape index (κ2) is 9.28. The Morgan fingerprint density at radius 2 is 0.927 bits per heavy atom. The van der Waals surface area contributed by atoms with Gasteiger partial charge in [0, 0.05) is 10.4 Å². The zero-order valence-electron chi connectivity index (χ0n) is 24.3. The van der Waals surface area contributed by atoms with E-state index in [0.717, 1.165) is 55.6 Å². The van der Waals surface area contributed by atoms with E-state index < -0.39 is 8.07 Å². The first-order valence-corrected chi connectivity index (χ1v) is 17.1. The van der Waals surface area contributed by atoms with E-state index >= 15 is 0 Å². The van der Waals surface area contributed by atoms with Crippen LogP contribution in [0.15, 0.2) is 93.8 Å². The van der Waals surface area contributed by atoms with Crippen molar-refractivity contribution >= 4 is 51.8 Å². The van der Waals surface area contributed by atoms with Crippen LogP contribution in [0, 0.1) is 27.7 Å². The van der Waals surface area contributed by atoms with Crippen molar-refractivity contribution < 1.29 is 8.83 Å². The first-order chi connectivity index (χ1) is 19.7. The van der Waals surface area contributed by atoms with Crippen molar-refractivity contribution in [2.24, 2.45) is 0 Å². The molecule has 0 bridgehead atoms. The maximum atomic E-state index is 6.58. The van der Waals surface area contributed by atoms with E-state index in [1.165, 1.54) is 21.5 Å². The number of nitrogens with zero attached hydrogens (tertiary/aromatic N) is 2. The van der Waals surface area contributed by atoms with E-state index in [9.17, 15) is 0 Å². The molecule has 1 aliphatic rings. The van der Waals surface area contributed by atoms with E-state index in [0.29, 0.717) is 11.8 Å². The summed E-state index contributed by atoms with van der Waals surface area (Å²) in [5.74, 6) is 1.37. The molecule has 0 unspecified atom stereocenters. The molecule has 0 saturated carbocycles. The molecule has 4 nitrogen and oxygen atoms in total. The largest absolute Gasteiger partial charge is 0.437 e. The molecule has 6 aromatic rings. The second-order valence-electron chi connectivity index (χ2n) is 11.8. The highest BCUT2D eigenvalue weighted by Crippen LogP contribution is 2.55. The minimum absolute atomic E-state index is 0.686. The van der Waals surface area contributed by atoms with Gasteiger partial charge in [-0.15, -0.1) is 0 Å². The zero-order valence-corrected chi connectivity index (χ0v) is 25.3. The predicted octanol–water partition coefficient (Wildman–Crippen LogP) is 9.52. The monoisotopic (exact) mass is 552 g/mol. The molecule has 0 saturated heterocycles. The lowest BCUT2D eigenvalue weighted by Crippen LogP contribution is -2.29. The lowest BCUT2D eigenvalue weighted by atomic mass is 9.90. The van der Waals surface area contributed by atoms with Crippen molar-refractivity contribution in [1.82, 2.24) is 9.97 Å². The van der Waals surface area contributed by atoms with E-state index in [-0.39, 0.29) is 0 Å². The average Bonchev–Trinajstić information content (AvgIpc) is 3.59. The lowest BCUT2D eigenvalue weighted by molar-refractivity contribution is 0.586. The van der Waals surface area contributed by atoms with Gasteiger partial charge in [-0.05, 0) is 85.4 Å². The Labute approximate surface area is 241 Å². The fourth-order valence-electron chi connectivity index (χ4n) is 6.22. The van der Waals surface area contributed by atoms with Gasteiger partial charge in [-0.1, -0.05) is 84.9 Å². The summed E-state index contributed by atoms with van der Waals surface area (Å²) in [4.78, 5) is 10.2. The summed E-state index contributed by atoms with van der Waals surface area (Å²) in [6.45, 7) is 13.2. The summed E-state index contributed by atoms with van der Waals surface area (Å²) < 4.78 is 13.2. The summed E-state index contributed by atoms with van der Waals surface area (Å²) in [7, 11) is -2.51. The van der Waals surface area contributed by atoms with Gasteiger partial charge in [0.15, 0.2) is 11.2 Å². The molecule has 5 heteroatoms. The second-order valence-corrected chi connectivity index (χ2v) is 16.1. The number of benzene rings is 4. The van der Waals surface area contributed by atoms with Crippen LogP contribution in [0.5, 0.6) is 0 Å². The van der Waals surface area contributed by atoms with Gasteiger partial charge in [-0.25, -0.2) is 9.97 Å². The van der Waals surface area contributed by atoms with Crippen molar-refractivity contribution in [2.45, 2.75) is 40.8 Å². The maximum absolute atomic E-state index is 6.58. The Kier molecular flexibility index (Phi) is 5.77. The molecule has 0 spiro atoms. The predicted molar refractivity (Wildman–Crippen MR) is 171 cm³/mol. The molecular weight excluding hydrogens is 520 g/mol. The number of fused-ring (bicyclic) bond motifs is 2. The van der Waals surface area contributed by atoms with Gasteiger partial charge < -0.3 is 8.83 Å². The van der Waals surface area contributed by atoms with Gasteiger partial charge in [0.05, 0.1) is 0 Å². The summed E-state index contributed by atoms with van der Waals surface area (Å²) in [5, 5.41) is 2.34. The fourth-order valence-corrected chi connectivity index (χ4v) is 9.54. The molecule has 0 atom stereocenters. The Bertz CT molecular complexity index is 1920. The maximum Gasteiger partial charge on any atom is 0.220 e. The van der Waals surface area contributed by atoms with Crippen molar-refractivity contribution in [2.75, 3.05) is 0 Å². The minimum Gasteiger partial charge on any atom is -0.437 e. The molecule has 0 N–H and O–H groups in total. The molecule has 4 aromatic carbocycles. The van der Waals surface area contributed by atoms with E-state index in [1.807, 2.05) is 12.1 Å². The third-order valence-electron chi connectivity index (χ3n) is 8.13. The highest BCUT2D eigenvalue weighted by atomic mass is 28.3. The SMILES string of the molecule is Cc1cccc(C2=C(c3nc4cc(C)ccc4o3)[Si](C)(C)C(c3nc4cc(C)ccc4o3)=C2c2cccc(C)c2)c1. The van der Waals surface area contributed by atoms with Crippen LogP contribution in [0.25, 0.3) is 43.7 Å². The minimum atomic E-state index is -2.51. The Hall–Kier alpha value is -4.48. The topological polar surface area (TPSA) is 52.1 Å². The molecule has 41 heavy (non-hydrogen) atoms. The number of hydrogen-bond donors (Lipinski definition) is 0. The Balaban J connectivity index is 1.60. The number of rotatable bonds is 4. The number of hydrogen-bond acceptors (Lipinski definition) is 4. The molecule has 202 valence electrons. The summed E-state index contributed by atoms with van der Waals surface area (Å²) in [5.41, 5.74) is 12.7. The third kappa shape index (κ3) is 4.20. The molecule has 0 aliphatic carbocycles. The molecule has 1 aliphatic heterocycles. The quantitative estimate of drug-likeness (QED) is 0.204. The number of aromatic nitrogens is 2. The van der Waals surface area contributed by atoms with Gasteiger partial charge in [-0.2, -0.15) is 0 Å². The highest BCUT2D eigenvalue weighted by Gasteiger charge is 2.48. The van der Waals surface area contributed by atoms with Crippen LogP contribution in [-0.4, -0.2) is 18.0 Å². The highest BCUT2D eigenvalue weighted by molar-refractivity contribution is 7.12. The van der Waals surface area contributed by atoms with Crippen molar-refractivity contribution in [3.05, 3.63) is 130 Å². The smallest absolute Gasteiger partial charge is 0.220 e. The van der Waals surface area contributed by atoms with Crippen LogP contribution in [0.3, 0.4) is 0 Å². The summed E-state index contributed by atoms with van der Waals surface area (Å²) >= 11 is 0. The lowest BCUT2D eigenvalue weighted by Gasteiger charge is -2.21. The van der Waals surface area contributed by atoms with Gasteiger partial charge in [-0.3, -0.25) is 0 Å². The van der Waals surface area contributed by atoms with Gasteiger partial charge in [0.2, 0.25) is 11.8 Å². The molecule has 3 heterocycles. The summed E-state index contributed by atoms with van der Waals surface area (Å²) in [6.07, 6.45) is 0. The van der Waals surface area contributed by atoms with E-state index in [2.05, 4.69) is 114 Å². The molecular formula is C36H32N2O2Si. The van der Waals surface area contributed by atoms with Crippen LogP contribution < -0.4 is 0 Å². The van der Waals surface area contributed by atoms with Crippen LogP contribution in [0.2, 0.25) is 13.1 Å². The molecule has 0 fully saturated rings. The van der Waals surface area contributed by atoms with Gasteiger partial charge in [0.1, 0.15) is 19.1 Å². The van der Waals surface area contributed by atoms with E-state index in [1.54, 1.807) is 0 Å². The fraction of sp³-hybridized carbons (Fsp3) is 0.167. The van der Waals surface area contributed by atoms with Crippen LogP contribution in [0.4, 0.5) is 0 Å². The van der Waals surface area contributed by atoms with Crippen molar-refractivity contribution in [3.63, 3.8) is 0 Å². The third-order valence-corrected chi connectivity index (χ3v) is 11.6. The standard InChI is InChI=1S/C36H32N2O2Si/c1-21-9-7-11-25(17-21)31-32(26-12-8-10-22(2)18-26)34(36-38-28-20-24(4)14-16-30(28)40-36)41(5,6)33(31)35-37-27-19-23(3)13-15-29(27)39-35/h7-20H,1-6H3. The van der Waals surface area contributed by atoms with Crippen LogP contribution >= 0.6 is 0 Å². The summed E-state index contributed by atoms with van der Waals surface area (Å²) in [6, 6.07) is 29.9. The Morgan fingerprint density at radius 1 is 0.512 bits per heavy atom. The van der Waals surface area contributed by atoms with Crippen LogP contribution in [0.1, 0.15) is 45.2 Å². The molecule has 2 aromatic heterocycles. The zero-order chi connectivity index (χ0) is 28.5. The normalized spacial score (nSPS) is 15.1. The van der Waals surface area contributed by atoms with Gasteiger partial charge in [0.25, 0.3) is 0 Å². The first-order valence-electron chi connectivity index (χ1n) is 14.1.